The topological polar surface area (TPSA) is 70.5 Å². The number of carbonyl (C=O) groups is 1. The van der Waals surface area contributed by atoms with Crippen molar-refractivity contribution >= 4 is 38.1 Å². The largest absolute Gasteiger partial charge is 0.388 e. The Kier molecular flexibility index (Phi) is 4.38. The number of rotatable bonds is 5. The molecule has 2 fully saturated rings. The third-order valence-electron chi connectivity index (χ3n) is 6.88. The summed E-state index contributed by atoms with van der Waals surface area (Å²) in [7, 11) is 1.87. The lowest BCUT2D eigenvalue weighted by molar-refractivity contribution is 0.0232. The number of fused-ring (bicyclic) bond motifs is 3. The molecule has 1 spiro atoms. The molecule has 2 aliphatic rings. The maximum absolute atomic E-state index is 12.7. The number of benzene rings is 2. The van der Waals surface area contributed by atoms with Crippen LogP contribution in [0.2, 0.25) is 0 Å². The van der Waals surface area contributed by atoms with Gasteiger partial charge in [-0.3, -0.25) is 9.20 Å². The van der Waals surface area contributed by atoms with Gasteiger partial charge in [0.15, 0.2) is 4.96 Å². The smallest absolute Gasteiger partial charge is 0.251 e. The van der Waals surface area contributed by atoms with Crippen molar-refractivity contribution in [2.75, 3.05) is 20.1 Å². The molecule has 1 amide bonds. The fraction of sp³-hybridized carbons (Fsp3) is 0.280. The van der Waals surface area contributed by atoms with Crippen LogP contribution in [0, 0.1) is 5.41 Å². The van der Waals surface area contributed by atoms with Crippen LogP contribution in [0.25, 0.3) is 32.1 Å². The van der Waals surface area contributed by atoms with E-state index < -0.39 is 0 Å². The van der Waals surface area contributed by atoms with E-state index in [1.807, 2.05) is 25.2 Å². The van der Waals surface area contributed by atoms with E-state index in [-0.39, 0.29) is 5.91 Å². The first-order chi connectivity index (χ1) is 15.5. The second-order valence-corrected chi connectivity index (χ2v) is 10.1. The van der Waals surface area contributed by atoms with Crippen molar-refractivity contribution in [3.8, 4) is 11.3 Å². The van der Waals surface area contributed by atoms with Gasteiger partial charge < -0.3 is 16.0 Å². The zero-order chi connectivity index (χ0) is 21.9. The second kappa shape index (κ2) is 7.18. The van der Waals surface area contributed by atoms with Gasteiger partial charge >= 0.3 is 0 Å². The van der Waals surface area contributed by atoms with Crippen molar-refractivity contribution in [2.45, 2.75) is 18.9 Å². The summed E-state index contributed by atoms with van der Waals surface area (Å²) in [5, 5.41) is 9.61. The van der Waals surface area contributed by atoms with E-state index in [0.717, 1.165) is 69.2 Å². The molecule has 6 nitrogen and oxygen atoms in total. The monoisotopic (exact) mass is 443 g/mol. The highest BCUT2D eigenvalue weighted by Crippen LogP contribution is 2.44. The normalized spacial score (nSPS) is 17.3. The van der Waals surface area contributed by atoms with Gasteiger partial charge in [-0.2, -0.15) is 0 Å². The predicted octanol–water partition coefficient (Wildman–Crippen LogP) is 3.89. The summed E-state index contributed by atoms with van der Waals surface area (Å²) < 4.78 is 3.18. The second-order valence-electron chi connectivity index (χ2n) is 9.05. The molecule has 32 heavy (non-hydrogen) atoms. The van der Waals surface area contributed by atoms with Gasteiger partial charge in [0.1, 0.15) is 0 Å². The Hall–Kier alpha value is -3.16. The fourth-order valence-corrected chi connectivity index (χ4v) is 5.94. The molecular formula is C25H25N5OS. The van der Waals surface area contributed by atoms with Crippen molar-refractivity contribution < 1.29 is 4.79 Å². The highest BCUT2D eigenvalue weighted by atomic mass is 32.1. The molecule has 2 aromatic carbocycles. The van der Waals surface area contributed by atoms with Gasteiger partial charge in [-0.05, 0) is 42.0 Å². The minimum absolute atomic E-state index is 0.0222. The first-order valence-electron chi connectivity index (χ1n) is 10.9. The molecule has 1 saturated carbocycles. The minimum Gasteiger partial charge on any atom is -0.388 e. The van der Waals surface area contributed by atoms with Crippen LogP contribution < -0.4 is 16.0 Å². The average Bonchev–Trinajstić information content (AvgIpc) is 3.31. The Balaban J connectivity index is 1.22. The number of carbonyl (C=O) groups excluding carboxylic acids is 1. The van der Waals surface area contributed by atoms with Crippen molar-refractivity contribution in [3.63, 3.8) is 0 Å². The molecular weight excluding hydrogens is 418 g/mol. The van der Waals surface area contributed by atoms with Crippen molar-refractivity contribution in [3.05, 3.63) is 66.4 Å². The zero-order valence-electron chi connectivity index (χ0n) is 17.9. The van der Waals surface area contributed by atoms with Crippen LogP contribution in [0.1, 0.15) is 28.8 Å². The van der Waals surface area contributed by atoms with Crippen molar-refractivity contribution in [1.29, 1.82) is 0 Å². The summed E-state index contributed by atoms with van der Waals surface area (Å²) in [5.41, 5.74) is 6.21. The van der Waals surface area contributed by atoms with Crippen LogP contribution in [-0.4, -0.2) is 41.5 Å². The van der Waals surface area contributed by atoms with Crippen molar-refractivity contribution in [1.82, 2.24) is 25.3 Å². The maximum Gasteiger partial charge on any atom is 0.251 e. The van der Waals surface area contributed by atoms with Crippen LogP contribution in [0.5, 0.6) is 0 Å². The van der Waals surface area contributed by atoms with E-state index in [0.29, 0.717) is 11.5 Å². The van der Waals surface area contributed by atoms with Crippen molar-refractivity contribution in [2.24, 2.45) is 5.41 Å². The molecule has 0 radical (unpaired) electrons. The SMILES string of the molecule is C=C(NC)c1ccc(-c2cn3c(n2)sc2cc(C(=O)NC4CC5(CNC5)C4)ccc23)cc1. The van der Waals surface area contributed by atoms with E-state index >= 15 is 0 Å². The molecule has 3 heterocycles. The van der Waals surface area contributed by atoms with E-state index in [4.69, 9.17) is 4.98 Å². The lowest BCUT2D eigenvalue weighted by Crippen LogP contribution is -2.65. The molecule has 1 aliphatic carbocycles. The molecule has 7 heteroatoms. The van der Waals surface area contributed by atoms with Crippen LogP contribution in [-0.2, 0) is 0 Å². The van der Waals surface area contributed by atoms with Crippen LogP contribution in [0.4, 0.5) is 0 Å². The lowest BCUT2D eigenvalue weighted by Gasteiger charge is -2.54. The van der Waals surface area contributed by atoms with Gasteiger partial charge in [-0.1, -0.05) is 42.2 Å². The Bertz CT molecular complexity index is 1350. The minimum atomic E-state index is 0.0222. The third kappa shape index (κ3) is 3.12. The first-order valence-corrected chi connectivity index (χ1v) is 11.8. The Morgan fingerprint density at radius 3 is 2.62 bits per heavy atom. The molecule has 3 N–H and O–H groups in total. The first kappa shape index (κ1) is 19.5. The van der Waals surface area contributed by atoms with E-state index in [1.165, 1.54) is 0 Å². The van der Waals surface area contributed by atoms with Gasteiger partial charge in [-0.15, -0.1) is 0 Å². The number of nitrogens with one attached hydrogen (secondary N) is 3. The number of hydrogen-bond donors (Lipinski definition) is 3. The standard InChI is InChI=1S/C25H25N5OS/c1-15(26-2)16-3-5-17(6-4-16)20-12-30-21-8-7-18(9-22(21)32-24(30)29-20)23(31)28-19-10-25(11-19)13-27-14-25/h3-9,12,19,26-27H,1,10-11,13-14H2,2H3,(H,28,31). The number of imidazole rings is 1. The van der Waals surface area contributed by atoms with Gasteiger partial charge in [-0.25, -0.2) is 4.98 Å². The van der Waals surface area contributed by atoms with Gasteiger partial charge in [0, 0.05) is 49.2 Å². The molecule has 1 saturated heterocycles. The molecule has 162 valence electrons. The molecule has 0 atom stereocenters. The number of aromatic nitrogens is 2. The molecule has 1 aliphatic heterocycles. The van der Waals surface area contributed by atoms with E-state index in [9.17, 15) is 4.79 Å². The highest BCUT2D eigenvalue weighted by molar-refractivity contribution is 7.23. The van der Waals surface area contributed by atoms with Gasteiger partial charge in [0.05, 0.1) is 15.9 Å². The number of thiazole rings is 1. The number of hydrogen-bond acceptors (Lipinski definition) is 5. The van der Waals surface area contributed by atoms with Crippen LogP contribution in [0.3, 0.4) is 0 Å². The summed E-state index contributed by atoms with van der Waals surface area (Å²) in [6, 6.07) is 14.5. The summed E-state index contributed by atoms with van der Waals surface area (Å²) in [5.74, 6) is 0.0222. The van der Waals surface area contributed by atoms with Crippen LogP contribution >= 0.6 is 11.3 Å². The average molecular weight is 444 g/mol. The summed E-state index contributed by atoms with van der Waals surface area (Å²) in [6.45, 7) is 6.19. The molecule has 6 rings (SSSR count). The quantitative estimate of drug-likeness (QED) is 0.438. The molecule has 0 unspecified atom stereocenters. The number of amides is 1. The Labute approximate surface area is 190 Å². The van der Waals surface area contributed by atoms with E-state index in [1.54, 1.807) is 11.3 Å². The highest BCUT2D eigenvalue weighted by Gasteiger charge is 2.48. The fourth-order valence-electron chi connectivity index (χ4n) is 4.89. The summed E-state index contributed by atoms with van der Waals surface area (Å²) in [6.07, 6.45) is 4.25. The zero-order valence-corrected chi connectivity index (χ0v) is 18.8. The van der Waals surface area contributed by atoms with Gasteiger partial charge in [0.2, 0.25) is 0 Å². The van der Waals surface area contributed by atoms with Crippen LogP contribution in [0.15, 0.2) is 55.2 Å². The molecule has 0 bridgehead atoms. The molecule has 4 aromatic rings. The lowest BCUT2D eigenvalue weighted by atomic mass is 9.61. The maximum atomic E-state index is 12.7. The summed E-state index contributed by atoms with van der Waals surface area (Å²) >= 11 is 1.61. The third-order valence-corrected chi connectivity index (χ3v) is 7.90. The predicted molar refractivity (Wildman–Crippen MR) is 130 cm³/mol. The number of nitrogens with zero attached hydrogens (tertiary/aromatic N) is 2. The van der Waals surface area contributed by atoms with Gasteiger partial charge in [0.25, 0.3) is 5.91 Å². The Morgan fingerprint density at radius 2 is 1.94 bits per heavy atom. The van der Waals surface area contributed by atoms with E-state index in [2.05, 4.69) is 57.4 Å². The Morgan fingerprint density at radius 1 is 1.19 bits per heavy atom. The molecule has 2 aromatic heterocycles. The summed E-state index contributed by atoms with van der Waals surface area (Å²) in [4.78, 5) is 18.5.